The van der Waals surface area contributed by atoms with E-state index < -0.39 is 0 Å². The van der Waals surface area contributed by atoms with E-state index in [1.165, 1.54) is 0 Å². The van der Waals surface area contributed by atoms with E-state index in [0.29, 0.717) is 0 Å². The van der Waals surface area contributed by atoms with Crippen molar-refractivity contribution in [2.45, 2.75) is 32.4 Å². The second-order valence-corrected chi connectivity index (χ2v) is 5.05. The van der Waals surface area contributed by atoms with Gasteiger partial charge in [0.05, 0.1) is 18.7 Å². The Morgan fingerprint density at radius 3 is 2.63 bits per heavy atom. The van der Waals surface area contributed by atoms with Gasteiger partial charge in [0.1, 0.15) is 12.2 Å². The van der Waals surface area contributed by atoms with Crippen molar-refractivity contribution in [3.05, 3.63) is 12.2 Å². The van der Waals surface area contributed by atoms with Crippen molar-refractivity contribution in [3.8, 4) is 6.07 Å². The van der Waals surface area contributed by atoms with E-state index in [2.05, 4.69) is 32.9 Å². The van der Waals surface area contributed by atoms with Crippen LogP contribution >= 0.6 is 0 Å². The summed E-state index contributed by atoms with van der Waals surface area (Å²) in [6.07, 6.45) is 3.63. The van der Waals surface area contributed by atoms with Gasteiger partial charge in [0.25, 0.3) is 0 Å². The van der Waals surface area contributed by atoms with Gasteiger partial charge in [-0.2, -0.15) is 10.4 Å². The molecule has 1 atom stereocenters. The Labute approximate surface area is 114 Å². The molecule has 0 saturated carbocycles. The Hall–Kier alpha value is -1.45. The zero-order valence-electron chi connectivity index (χ0n) is 11.8. The maximum absolute atomic E-state index is 9.19. The average Bonchev–Trinajstić information content (AvgIpc) is 2.83. The number of rotatable bonds is 5. The fraction of sp³-hybridized carbons (Fsp3) is 0.769. The molecule has 19 heavy (non-hydrogen) atoms. The Bertz CT molecular complexity index is 427. The predicted octanol–water partition coefficient (Wildman–Crippen LogP) is 0.625. The molecule has 0 bridgehead atoms. The average molecular weight is 262 g/mol. The molecule has 1 aliphatic rings. The van der Waals surface area contributed by atoms with Crippen LogP contribution in [0.25, 0.3) is 0 Å². The summed E-state index contributed by atoms with van der Waals surface area (Å²) < 4.78 is 1.82. The van der Waals surface area contributed by atoms with E-state index in [9.17, 15) is 5.26 Å². The predicted molar refractivity (Wildman–Crippen MR) is 72.2 cm³/mol. The molecule has 1 aliphatic heterocycles. The van der Waals surface area contributed by atoms with Gasteiger partial charge in [-0.25, -0.2) is 4.98 Å². The number of hydrogen-bond acceptors (Lipinski definition) is 5. The largest absolute Gasteiger partial charge is 0.293 e. The van der Waals surface area contributed by atoms with E-state index in [1.54, 1.807) is 6.33 Å². The van der Waals surface area contributed by atoms with E-state index in [1.807, 2.05) is 11.7 Å². The second-order valence-electron chi connectivity index (χ2n) is 5.05. The first-order valence-electron chi connectivity index (χ1n) is 6.93. The number of hydrogen-bond donors (Lipinski definition) is 0. The minimum atomic E-state index is 0.0852. The van der Waals surface area contributed by atoms with Crippen molar-refractivity contribution in [1.82, 2.24) is 24.6 Å². The van der Waals surface area contributed by atoms with Gasteiger partial charge in [0.15, 0.2) is 0 Å². The molecule has 2 rings (SSSR count). The van der Waals surface area contributed by atoms with Gasteiger partial charge in [0, 0.05) is 33.2 Å². The minimum absolute atomic E-state index is 0.0852. The van der Waals surface area contributed by atoms with Gasteiger partial charge in [0.2, 0.25) is 0 Å². The highest BCUT2D eigenvalue weighted by Crippen LogP contribution is 2.12. The highest BCUT2D eigenvalue weighted by atomic mass is 15.3. The van der Waals surface area contributed by atoms with Crippen molar-refractivity contribution in [2.24, 2.45) is 7.05 Å². The number of nitrogens with zero attached hydrogens (tertiary/aromatic N) is 6. The highest BCUT2D eigenvalue weighted by Gasteiger charge is 2.23. The normalized spacial score (nSPS) is 19.2. The summed E-state index contributed by atoms with van der Waals surface area (Å²) in [5.41, 5.74) is 0. The van der Waals surface area contributed by atoms with Crippen LogP contribution in [-0.2, 0) is 13.6 Å². The van der Waals surface area contributed by atoms with Crippen LogP contribution in [0.5, 0.6) is 0 Å². The summed E-state index contributed by atoms with van der Waals surface area (Å²) in [4.78, 5) is 8.93. The second kappa shape index (κ2) is 6.64. The molecule has 6 heteroatoms. The number of nitriles is 1. The first-order valence-corrected chi connectivity index (χ1v) is 6.93. The van der Waals surface area contributed by atoms with Crippen LogP contribution < -0.4 is 0 Å². The zero-order chi connectivity index (χ0) is 13.7. The molecule has 1 aromatic heterocycles. The summed E-state index contributed by atoms with van der Waals surface area (Å²) in [5.74, 6) is 0.999. The van der Waals surface area contributed by atoms with E-state index in [0.717, 1.165) is 51.4 Å². The topological polar surface area (TPSA) is 61.0 Å². The molecule has 0 aliphatic carbocycles. The zero-order valence-corrected chi connectivity index (χ0v) is 11.8. The maximum atomic E-state index is 9.19. The van der Waals surface area contributed by atoms with Crippen molar-refractivity contribution < 1.29 is 0 Å². The summed E-state index contributed by atoms with van der Waals surface area (Å²) in [6, 6.07) is 2.51. The molecule has 1 unspecified atom stereocenters. The summed E-state index contributed by atoms with van der Waals surface area (Å²) in [6.45, 7) is 6.90. The molecule has 1 saturated heterocycles. The molecule has 0 spiro atoms. The van der Waals surface area contributed by atoms with Crippen molar-refractivity contribution in [1.29, 1.82) is 5.26 Å². The standard InChI is InChI=1S/C13H22N6/c1-3-4-12(9-14)19-7-5-18(6-8-19)10-13-15-11-16-17(13)2/h11-12H,3-8,10H2,1-2H3. The highest BCUT2D eigenvalue weighted by molar-refractivity contribution is 4.94. The van der Waals surface area contributed by atoms with Crippen molar-refractivity contribution >= 4 is 0 Å². The van der Waals surface area contributed by atoms with Crippen LogP contribution in [0.3, 0.4) is 0 Å². The fourth-order valence-corrected chi connectivity index (χ4v) is 2.50. The Balaban J connectivity index is 1.82. The Morgan fingerprint density at radius 1 is 1.37 bits per heavy atom. The molecular formula is C13H22N6. The van der Waals surface area contributed by atoms with Gasteiger partial charge in [-0.05, 0) is 6.42 Å². The van der Waals surface area contributed by atoms with Gasteiger partial charge in [-0.15, -0.1) is 0 Å². The third-order valence-electron chi connectivity index (χ3n) is 3.73. The molecule has 1 fully saturated rings. The molecule has 104 valence electrons. The quantitative estimate of drug-likeness (QED) is 0.778. The van der Waals surface area contributed by atoms with Crippen LogP contribution in [0, 0.1) is 11.3 Å². The van der Waals surface area contributed by atoms with Crippen LogP contribution in [-0.4, -0.2) is 56.8 Å². The fourth-order valence-electron chi connectivity index (χ4n) is 2.50. The maximum Gasteiger partial charge on any atom is 0.140 e. The molecule has 0 amide bonds. The lowest BCUT2D eigenvalue weighted by atomic mass is 10.1. The SMILES string of the molecule is CCCC(C#N)N1CCN(Cc2ncnn2C)CC1. The Morgan fingerprint density at radius 2 is 2.11 bits per heavy atom. The van der Waals surface area contributed by atoms with Gasteiger partial charge in [-0.3, -0.25) is 14.5 Å². The summed E-state index contributed by atoms with van der Waals surface area (Å²) in [5, 5.41) is 13.3. The van der Waals surface area contributed by atoms with E-state index in [-0.39, 0.29) is 6.04 Å². The molecule has 2 heterocycles. The number of piperazine rings is 1. The smallest absolute Gasteiger partial charge is 0.140 e. The minimum Gasteiger partial charge on any atom is -0.293 e. The molecule has 6 nitrogen and oxygen atoms in total. The molecule has 0 N–H and O–H groups in total. The van der Waals surface area contributed by atoms with Crippen molar-refractivity contribution in [2.75, 3.05) is 26.2 Å². The van der Waals surface area contributed by atoms with Crippen LogP contribution in [0.1, 0.15) is 25.6 Å². The Kier molecular flexibility index (Phi) is 4.88. The molecule has 0 aromatic carbocycles. The first-order chi connectivity index (χ1) is 9.24. The van der Waals surface area contributed by atoms with E-state index in [4.69, 9.17) is 0 Å². The van der Waals surface area contributed by atoms with Crippen LogP contribution in [0.15, 0.2) is 6.33 Å². The van der Waals surface area contributed by atoms with Gasteiger partial charge in [-0.1, -0.05) is 13.3 Å². The van der Waals surface area contributed by atoms with Crippen LogP contribution in [0.4, 0.5) is 0 Å². The lowest BCUT2D eigenvalue weighted by molar-refractivity contribution is 0.103. The molecule has 1 aromatic rings. The van der Waals surface area contributed by atoms with Crippen molar-refractivity contribution in [3.63, 3.8) is 0 Å². The summed E-state index contributed by atoms with van der Waals surface area (Å²) in [7, 11) is 1.92. The van der Waals surface area contributed by atoms with Gasteiger partial charge >= 0.3 is 0 Å². The monoisotopic (exact) mass is 262 g/mol. The van der Waals surface area contributed by atoms with Crippen LogP contribution in [0.2, 0.25) is 0 Å². The number of aromatic nitrogens is 3. The lowest BCUT2D eigenvalue weighted by Gasteiger charge is -2.36. The first kappa shape index (κ1) is 14.0. The third kappa shape index (κ3) is 3.52. The van der Waals surface area contributed by atoms with Gasteiger partial charge < -0.3 is 0 Å². The molecule has 0 radical (unpaired) electrons. The number of aryl methyl sites for hydroxylation is 1. The molecular weight excluding hydrogens is 240 g/mol. The lowest BCUT2D eigenvalue weighted by Crippen LogP contribution is -2.49. The third-order valence-corrected chi connectivity index (χ3v) is 3.73. The summed E-state index contributed by atoms with van der Waals surface area (Å²) >= 11 is 0. The van der Waals surface area contributed by atoms with E-state index >= 15 is 0 Å².